The SMILES string of the molecule is CC(=O)C(F)(F)c1ccc(CC(=O)Cc2ccc(C(=O)N(C)c3cc(Cl)ccc3Cl)cc2)cc1. The first-order chi connectivity index (χ1) is 16.0. The van der Waals surface area contributed by atoms with Crippen molar-refractivity contribution in [2.24, 2.45) is 0 Å². The van der Waals surface area contributed by atoms with E-state index < -0.39 is 17.3 Å². The largest absolute Gasteiger partial charge is 0.330 e. The predicted octanol–water partition coefficient (Wildman–Crippen LogP) is 6.31. The summed E-state index contributed by atoms with van der Waals surface area (Å²) in [6.45, 7) is 0.834. The van der Waals surface area contributed by atoms with Crippen LogP contribution in [0.4, 0.5) is 14.5 Å². The number of alkyl halides is 2. The molecule has 0 N–H and O–H groups in total. The van der Waals surface area contributed by atoms with Crippen LogP contribution in [0.5, 0.6) is 0 Å². The van der Waals surface area contributed by atoms with Gasteiger partial charge in [0.1, 0.15) is 5.78 Å². The maximum absolute atomic E-state index is 13.8. The van der Waals surface area contributed by atoms with Crippen LogP contribution < -0.4 is 4.90 Å². The molecule has 1 amide bonds. The highest BCUT2D eigenvalue weighted by molar-refractivity contribution is 6.36. The second-order valence-electron chi connectivity index (χ2n) is 7.88. The van der Waals surface area contributed by atoms with Crippen LogP contribution in [-0.4, -0.2) is 24.5 Å². The molecule has 0 fully saturated rings. The van der Waals surface area contributed by atoms with E-state index in [0.717, 1.165) is 19.1 Å². The number of carbonyl (C=O) groups is 3. The lowest BCUT2D eigenvalue weighted by Crippen LogP contribution is -2.26. The molecule has 176 valence electrons. The van der Waals surface area contributed by atoms with Gasteiger partial charge < -0.3 is 4.90 Å². The number of halogens is 4. The average molecular weight is 504 g/mol. The summed E-state index contributed by atoms with van der Waals surface area (Å²) >= 11 is 12.2. The molecule has 0 radical (unpaired) electrons. The van der Waals surface area contributed by atoms with E-state index in [4.69, 9.17) is 23.2 Å². The predicted molar refractivity (Wildman–Crippen MR) is 129 cm³/mol. The van der Waals surface area contributed by atoms with E-state index in [1.165, 1.54) is 17.0 Å². The van der Waals surface area contributed by atoms with Crippen LogP contribution in [0.2, 0.25) is 10.0 Å². The third-order valence-corrected chi connectivity index (χ3v) is 5.89. The van der Waals surface area contributed by atoms with Crippen LogP contribution in [-0.2, 0) is 28.4 Å². The fourth-order valence-electron chi connectivity index (χ4n) is 3.36. The Bertz CT molecular complexity index is 1230. The van der Waals surface area contributed by atoms with E-state index in [1.807, 2.05) is 0 Å². The Morgan fingerprint density at radius 3 is 1.91 bits per heavy atom. The van der Waals surface area contributed by atoms with Gasteiger partial charge in [-0.05, 0) is 41.5 Å². The van der Waals surface area contributed by atoms with Gasteiger partial charge in [-0.3, -0.25) is 14.4 Å². The highest BCUT2D eigenvalue weighted by Crippen LogP contribution is 2.30. The molecule has 0 aromatic heterocycles. The van der Waals surface area contributed by atoms with Crippen molar-refractivity contribution in [3.8, 4) is 0 Å². The van der Waals surface area contributed by atoms with E-state index in [0.29, 0.717) is 32.4 Å². The molecule has 0 aliphatic heterocycles. The van der Waals surface area contributed by atoms with Gasteiger partial charge in [0, 0.05) is 43.0 Å². The van der Waals surface area contributed by atoms with E-state index in [2.05, 4.69) is 0 Å². The number of Topliss-reactive ketones (excluding diaryl/α,β-unsaturated/α-hetero) is 2. The molecule has 3 aromatic rings. The fourth-order valence-corrected chi connectivity index (χ4v) is 3.77. The fraction of sp³-hybridized carbons (Fsp3) is 0.192. The van der Waals surface area contributed by atoms with E-state index in [9.17, 15) is 23.2 Å². The van der Waals surface area contributed by atoms with Gasteiger partial charge in [-0.15, -0.1) is 0 Å². The number of nitrogens with zero attached hydrogens (tertiary/aromatic N) is 1. The van der Waals surface area contributed by atoms with E-state index in [1.54, 1.807) is 49.5 Å². The molecule has 0 aliphatic rings. The number of hydrogen-bond donors (Lipinski definition) is 0. The lowest BCUT2D eigenvalue weighted by molar-refractivity contribution is -0.141. The molecule has 3 rings (SSSR count). The van der Waals surface area contributed by atoms with Crippen molar-refractivity contribution in [3.05, 3.63) is 99.0 Å². The molecule has 0 aliphatic carbocycles. The highest BCUT2D eigenvalue weighted by Gasteiger charge is 2.37. The van der Waals surface area contributed by atoms with Crippen LogP contribution in [0.25, 0.3) is 0 Å². The summed E-state index contributed by atoms with van der Waals surface area (Å²) in [5, 5.41) is 0.843. The monoisotopic (exact) mass is 503 g/mol. The Hall–Kier alpha value is -3.09. The van der Waals surface area contributed by atoms with Gasteiger partial charge in [-0.25, -0.2) is 0 Å². The van der Waals surface area contributed by atoms with Crippen molar-refractivity contribution < 1.29 is 23.2 Å². The van der Waals surface area contributed by atoms with Crippen LogP contribution in [0.15, 0.2) is 66.7 Å². The Balaban J connectivity index is 1.63. The third-order valence-electron chi connectivity index (χ3n) is 5.34. The second kappa shape index (κ2) is 10.5. The van der Waals surface area contributed by atoms with Crippen molar-refractivity contribution in [3.63, 3.8) is 0 Å². The lowest BCUT2D eigenvalue weighted by atomic mass is 9.99. The maximum atomic E-state index is 13.8. The van der Waals surface area contributed by atoms with Gasteiger partial charge >= 0.3 is 5.92 Å². The minimum absolute atomic E-state index is 0.0581. The minimum Gasteiger partial charge on any atom is -0.310 e. The van der Waals surface area contributed by atoms with Crippen molar-refractivity contribution in [2.45, 2.75) is 25.7 Å². The van der Waals surface area contributed by atoms with Crippen LogP contribution in [0.3, 0.4) is 0 Å². The van der Waals surface area contributed by atoms with Gasteiger partial charge in [-0.1, -0.05) is 59.6 Å². The molecule has 0 bridgehead atoms. The molecule has 0 unspecified atom stereocenters. The summed E-state index contributed by atoms with van der Waals surface area (Å²) in [7, 11) is 1.59. The third kappa shape index (κ3) is 5.88. The number of benzene rings is 3. The summed E-state index contributed by atoms with van der Waals surface area (Å²) in [4.78, 5) is 37.7. The molecular formula is C26H21Cl2F2NO3. The Labute approximate surface area is 206 Å². The first-order valence-electron chi connectivity index (χ1n) is 10.3. The smallest absolute Gasteiger partial charge is 0.310 e. The van der Waals surface area contributed by atoms with Crippen LogP contribution in [0.1, 0.15) is 34.0 Å². The first-order valence-corrected chi connectivity index (χ1v) is 11.1. The van der Waals surface area contributed by atoms with Gasteiger partial charge in [0.05, 0.1) is 10.7 Å². The zero-order valence-corrected chi connectivity index (χ0v) is 20.0. The standard InChI is InChI=1S/C26H21Cl2F2NO3/c1-16(32)26(29,30)20-9-5-18(6-10-20)14-22(33)13-17-3-7-19(8-4-17)25(34)31(2)24-15-21(27)11-12-23(24)28/h3-12,15H,13-14H2,1-2H3. The molecule has 0 atom stereocenters. The van der Waals surface area contributed by atoms with Crippen molar-refractivity contribution in [1.29, 1.82) is 0 Å². The minimum atomic E-state index is -3.55. The Morgan fingerprint density at radius 2 is 1.38 bits per heavy atom. The van der Waals surface area contributed by atoms with Crippen LogP contribution in [0, 0.1) is 0 Å². The molecule has 0 saturated carbocycles. The number of amides is 1. The Kier molecular flexibility index (Phi) is 7.85. The van der Waals surface area contributed by atoms with E-state index in [-0.39, 0.29) is 24.5 Å². The summed E-state index contributed by atoms with van der Waals surface area (Å²) in [5.74, 6) is -5.19. The summed E-state index contributed by atoms with van der Waals surface area (Å²) in [6, 6.07) is 16.6. The molecule has 0 heterocycles. The lowest BCUT2D eigenvalue weighted by Gasteiger charge is -2.19. The van der Waals surface area contributed by atoms with Gasteiger partial charge in [-0.2, -0.15) is 8.78 Å². The number of ketones is 2. The molecule has 0 saturated heterocycles. The second-order valence-corrected chi connectivity index (χ2v) is 8.72. The summed E-state index contributed by atoms with van der Waals surface area (Å²) < 4.78 is 27.6. The zero-order chi connectivity index (χ0) is 25.0. The van der Waals surface area contributed by atoms with Crippen molar-refractivity contribution in [1.82, 2.24) is 0 Å². The molecule has 0 spiro atoms. The first kappa shape index (κ1) is 25.5. The van der Waals surface area contributed by atoms with Gasteiger partial charge in [0.25, 0.3) is 5.91 Å². The quantitative estimate of drug-likeness (QED) is 0.362. The molecule has 3 aromatic carbocycles. The normalized spacial score (nSPS) is 11.2. The van der Waals surface area contributed by atoms with Crippen molar-refractivity contribution in [2.75, 3.05) is 11.9 Å². The molecule has 4 nitrogen and oxygen atoms in total. The number of rotatable bonds is 8. The summed E-state index contributed by atoms with van der Waals surface area (Å²) in [6.07, 6.45) is 0.179. The average Bonchev–Trinajstić information content (AvgIpc) is 2.80. The van der Waals surface area contributed by atoms with E-state index >= 15 is 0 Å². The highest BCUT2D eigenvalue weighted by atomic mass is 35.5. The molecular weight excluding hydrogens is 483 g/mol. The number of carbonyl (C=O) groups excluding carboxylic acids is 3. The summed E-state index contributed by atoms with van der Waals surface area (Å²) in [5.41, 5.74) is 1.77. The van der Waals surface area contributed by atoms with Gasteiger partial charge in [0.2, 0.25) is 5.78 Å². The molecule has 8 heteroatoms. The Morgan fingerprint density at radius 1 is 0.853 bits per heavy atom. The van der Waals surface area contributed by atoms with Crippen LogP contribution >= 0.6 is 23.2 Å². The maximum Gasteiger partial charge on any atom is 0.330 e. The topological polar surface area (TPSA) is 54.5 Å². The van der Waals surface area contributed by atoms with Crippen molar-refractivity contribution >= 4 is 46.4 Å². The zero-order valence-electron chi connectivity index (χ0n) is 18.4. The number of anilines is 1. The van der Waals surface area contributed by atoms with Gasteiger partial charge in [0.15, 0.2) is 0 Å². The molecule has 34 heavy (non-hydrogen) atoms. The number of hydrogen-bond acceptors (Lipinski definition) is 3.